The molecule has 26 heavy (non-hydrogen) atoms. The van der Waals surface area contributed by atoms with Crippen molar-refractivity contribution in [3.8, 4) is 5.75 Å². The van der Waals surface area contributed by atoms with Crippen LogP contribution in [0.4, 0.5) is 0 Å². The SMILES string of the molecule is CNS(=O)(=O)c1cc(/C=C/c2nc(Cn3ccnc3)no2)ccc1OC. The number of hydrogen-bond acceptors (Lipinski definition) is 7. The summed E-state index contributed by atoms with van der Waals surface area (Å²) in [5, 5.41) is 3.89. The Morgan fingerprint density at radius 1 is 1.35 bits per heavy atom. The van der Waals surface area contributed by atoms with Crippen molar-refractivity contribution in [2.45, 2.75) is 11.4 Å². The highest BCUT2D eigenvalue weighted by molar-refractivity contribution is 7.89. The third-order valence-electron chi connectivity index (χ3n) is 3.53. The van der Waals surface area contributed by atoms with Gasteiger partial charge < -0.3 is 13.8 Å². The summed E-state index contributed by atoms with van der Waals surface area (Å²) in [5.74, 6) is 1.08. The van der Waals surface area contributed by atoms with Gasteiger partial charge in [0, 0.05) is 18.5 Å². The van der Waals surface area contributed by atoms with Gasteiger partial charge in [-0.15, -0.1) is 0 Å². The topological polar surface area (TPSA) is 112 Å². The van der Waals surface area contributed by atoms with Crippen LogP contribution in [-0.2, 0) is 16.6 Å². The zero-order valence-corrected chi connectivity index (χ0v) is 15.0. The minimum Gasteiger partial charge on any atom is -0.495 e. The van der Waals surface area contributed by atoms with E-state index in [2.05, 4.69) is 19.8 Å². The van der Waals surface area contributed by atoms with Gasteiger partial charge in [0.15, 0.2) is 5.82 Å². The van der Waals surface area contributed by atoms with Crippen molar-refractivity contribution in [2.75, 3.05) is 14.2 Å². The highest BCUT2D eigenvalue weighted by atomic mass is 32.2. The van der Waals surface area contributed by atoms with E-state index in [1.54, 1.807) is 43.0 Å². The summed E-state index contributed by atoms with van der Waals surface area (Å²) < 4.78 is 38.6. The number of nitrogens with one attached hydrogen (secondary N) is 1. The number of nitrogens with zero attached hydrogens (tertiary/aromatic N) is 4. The van der Waals surface area contributed by atoms with Gasteiger partial charge >= 0.3 is 0 Å². The van der Waals surface area contributed by atoms with Crippen LogP contribution in [0.1, 0.15) is 17.3 Å². The Labute approximate surface area is 150 Å². The van der Waals surface area contributed by atoms with Crippen LogP contribution in [0.15, 0.2) is 46.3 Å². The molecule has 2 heterocycles. The summed E-state index contributed by atoms with van der Waals surface area (Å²) in [4.78, 5) is 8.25. The molecular formula is C16H17N5O4S. The molecule has 2 aromatic heterocycles. The van der Waals surface area contributed by atoms with Crippen LogP contribution in [0.3, 0.4) is 0 Å². The lowest BCUT2D eigenvalue weighted by atomic mass is 10.2. The molecule has 0 radical (unpaired) electrons. The van der Waals surface area contributed by atoms with E-state index in [1.807, 2.05) is 4.57 Å². The Morgan fingerprint density at radius 3 is 2.88 bits per heavy atom. The second kappa shape index (κ2) is 7.50. The molecule has 0 aliphatic heterocycles. The van der Waals surface area contributed by atoms with Crippen molar-refractivity contribution in [3.63, 3.8) is 0 Å². The zero-order chi connectivity index (χ0) is 18.6. The Balaban J connectivity index is 1.80. The first-order chi connectivity index (χ1) is 12.5. The first kappa shape index (κ1) is 17.8. The van der Waals surface area contributed by atoms with Gasteiger partial charge in [0.2, 0.25) is 10.0 Å². The predicted octanol–water partition coefficient (Wildman–Crippen LogP) is 1.40. The van der Waals surface area contributed by atoms with Crippen LogP contribution < -0.4 is 9.46 Å². The molecule has 0 spiro atoms. The summed E-state index contributed by atoms with van der Waals surface area (Å²) in [7, 11) is -0.879. The predicted molar refractivity (Wildman–Crippen MR) is 93.8 cm³/mol. The molecule has 0 aliphatic rings. The molecule has 3 rings (SSSR count). The average Bonchev–Trinajstić information content (AvgIpc) is 3.32. The Morgan fingerprint density at radius 2 is 2.19 bits per heavy atom. The molecule has 0 amide bonds. The lowest BCUT2D eigenvalue weighted by Crippen LogP contribution is -2.19. The summed E-state index contributed by atoms with van der Waals surface area (Å²) in [6.45, 7) is 0.449. The molecule has 1 aromatic carbocycles. The van der Waals surface area contributed by atoms with Crippen LogP contribution >= 0.6 is 0 Å². The Bertz CT molecular complexity index is 1010. The first-order valence-corrected chi connectivity index (χ1v) is 9.08. The third-order valence-corrected chi connectivity index (χ3v) is 4.97. The van der Waals surface area contributed by atoms with E-state index in [9.17, 15) is 8.42 Å². The fraction of sp³-hybridized carbons (Fsp3) is 0.188. The van der Waals surface area contributed by atoms with E-state index in [1.165, 1.54) is 20.2 Å². The molecule has 0 unspecified atom stereocenters. The molecule has 0 bridgehead atoms. The van der Waals surface area contributed by atoms with E-state index in [4.69, 9.17) is 9.26 Å². The molecular weight excluding hydrogens is 358 g/mol. The molecule has 9 nitrogen and oxygen atoms in total. The molecule has 1 N–H and O–H groups in total. The summed E-state index contributed by atoms with van der Waals surface area (Å²) >= 11 is 0. The number of ether oxygens (including phenoxy) is 1. The largest absolute Gasteiger partial charge is 0.495 e. The summed E-state index contributed by atoms with van der Waals surface area (Å²) in [5.41, 5.74) is 0.647. The molecule has 136 valence electrons. The van der Waals surface area contributed by atoms with Crippen molar-refractivity contribution in [1.82, 2.24) is 24.4 Å². The summed E-state index contributed by atoms with van der Waals surface area (Å²) in [6, 6.07) is 4.82. The number of hydrogen-bond donors (Lipinski definition) is 1. The van der Waals surface area contributed by atoms with Gasteiger partial charge in [-0.2, -0.15) is 4.98 Å². The van der Waals surface area contributed by atoms with Gasteiger partial charge in [0.25, 0.3) is 5.89 Å². The standard InChI is InChI=1S/C16H17N5O4S/c1-17-26(22,23)14-9-12(3-5-13(14)24-2)4-6-16-19-15(20-25-16)10-21-8-7-18-11-21/h3-9,11,17H,10H2,1-2H3/b6-4+. The van der Waals surface area contributed by atoms with E-state index in [0.29, 0.717) is 23.8 Å². The van der Waals surface area contributed by atoms with Crippen LogP contribution in [0.25, 0.3) is 12.2 Å². The van der Waals surface area contributed by atoms with Gasteiger partial charge in [-0.1, -0.05) is 11.2 Å². The maximum absolute atomic E-state index is 12.1. The maximum atomic E-state index is 12.1. The monoisotopic (exact) mass is 375 g/mol. The van der Waals surface area contributed by atoms with Crippen LogP contribution in [-0.4, -0.2) is 42.3 Å². The van der Waals surface area contributed by atoms with Gasteiger partial charge in [-0.05, 0) is 30.8 Å². The number of methoxy groups -OCH3 is 1. The molecule has 0 atom stereocenters. The normalized spacial score (nSPS) is 11.9. The van der Waals surface area contributed by atoms with E-state index in [0.717, 1.165) is 0 Å². The minimum absolute atomic E-state index is 0.0518. The molecule has 3 aromatic rings. The fourth-order valence-electron chi connectivity index (χ4n) is 2.23. The van der Waals surface area contributed by atoms with Crippen LogP contribution in [0.2, 0.25) is 0 Å². The molecule has 0 aliphatic carbocycles. The van der Waals surface area contributed by atoms with E-state index < -0.39 is 10.0 Å². The highest BCUT2D eigenvalue weighted by Crippen LogP contribution is 2.25. The average molecular weight is 375 g/mol. The maximum Gasteiger partial charge on any atom is 0.250 e. The number of benzene rings is 1. The first-order valence-electron chi connectivity index (χ1n) is 7.60. The lowest BCUT2D eigenvalue weighted by molar-refractivity contribution is 0.401. The van der Waals surface area contributed by atoms with Crippen molar-refractivity contribution < 1.29 is 17.7 Å². The lowest BCUT2D eigenvalue weighted by Gasteiger charge is -2.09. The van der Waals surface area contributed by atoms with Crippen LogP contribution in [0.5, 0.6) is 5.75 Å². The fourth-order valence-corrected chi connectivity index (χ4v) is 3.15. The third kappa shape index (κ3) is 3.98. The van der Waals surface area contributed by atoms with E-state index in [-0.39, 0.29) is 10.6 Å². The molecule has 0 fully saturated rings. The van der Waals surface area contributed by atoms with Gasteiger partial charge in [-0.3, -0.25) is 0 Å². The van der Waals surface area contributed by atoms with Crippen molar-refractivity contribution >= 4 is 22.2 Å². The van der Waals surface area contributed by atoms with Crippen LogP contribution in [0, 0.1) is 0 Å². The Kier molecular flexibility index (Phi) is 5.14. The quantitative estimate of drug-likeness (QED) is 0.664. The van der Waals surface area contributed by atoms with Gasteiger partial charge in [0.05, 0.1) is 20.0 Å². The second-order valence-electron chi connectivity index (χ2n) is 5.24. The van der Waals surface area contributed by atoms with Gasteiger partial charge in [-0.25, -0.2) is 18.1 Å². The van der Waals surface area contributed by atoms with Crippen molar-refractivity contribution in [3.05, 3.63) is 54.2 Å². The highest BCUT2D eigenvalue weighted by Gasteiger charge is 2.17. The van der Waals surface area contributed by atoms with Gasteiger partial charge in [0.1, 0.15) is 10.6 Å². The molecule has 0 saturated heterocycles. The Hall–Kier alpha value is -2.98. The minimum atomic E-state index is -3.64. The summed E-state index contributed by atoms with van der Waals surface area (Å²) in [6.07, 6.45) is 8.42. The van der Waals surface area contributed by atoms with E-state index >= 15 is 0 Å². The number of rotatable bonds is 7. The van der Waals surface area contributed by atoms with Crippen molar-refractivity contribution in [1.29, 1.82) is 0 Å². The second-order valence-corrected chi connectivity index (χ2v) is 7.09. The number of aromatic nitrogens is 4. The molecule has 10 heteroatoms. The number of sulfonamides is 1. The smallest absolute Gasteiger partial charge is 0.250 e. The zero-order valence-electron chi connectivity index (χ0n) is 14.2. The van der Waals surface area contributed by atoms with Crippen molar-refractivity contribution in [2.24, 2.45) is 0 Å². The number of imidazole rings is 1. The molecule has 0 saturated carbocycles.